The molecule has 0 amide bonds. The topological polar surface area (TPSA) is 20.2 Å². The van der Waals surface area contributed by atoms with Gasteiger partial charge >= 0.3 is 0 Å². The van der Waals surface area contributed by atoms with E-state index in [-0.39, 0.29) is 0 Å². The monoisotopic (exact) mass is 184 g/mol. The number of benzene rings is 2. The van der Waals surface area contributed by atoms with Crippen LogP contribution in [-0.2, 0) is 0 Å². The van der Waals surface area contributed by atoms with Crippen LogP contribution in [0.2, 0.25) is 0 Å². The summed E-state index contributed by atoms with van der Waals surface area (Å²) in [6.45, 7) is 1.94. The van der Waals surface area contributed by atoms with Crippen LogP contribution in [0.5, 0.6) is 5.75 Å². The number of hydrogen-bond acceptors (Lipinski definition) is 1. The molecule has 0 spiro atoms. The average Bonchev–Trinajstić information content (AvgIpc) is 2.23. The van der Waals surface area contributed by atoms with Crippen LogP contribution in [0.3, 0.4) is 0 Å². The lowest BCUT2D eigenvalue weighted by Gasteiger charge is -2.03. The largest absolute Gasteiger partial charge is 0.507 e. The van der Waals surface area contributed by atoms with Gasteiger partial charge in [-0.1, -0.05) is 48.6 Å². The number of allylic oxidation sites excluding steroid dienone is 1. The maximum Gasteiger partial charge on any atom is 0.130 e. The molecule has 1 N–H and O–H groups in total. The summed E-state index contributed by atoms with van der Waals surface area (Å²) >= 11 is 0. The van der Waals surface area contributed by atoms with E-state index in [0.717, 1.165) is 16.3 Å². The lowest BCUT2D eigenvalue weighted by Crippen LogP contribution is -1.78. The summed E-state index contributed by atoms with van der Waals surface area (Å²) in [5.74, 6) is 0.362. The minimum atomic E-state index is 0.362. The van der Waals surface area contributed by atoms with Crippen LogP contribution in [0, 0.1) is 0 Å². The quantitative estimate of drug-likeness (QED) is 0.718. The summed E-state index contributed by atoms with van der Waals surface area (Å²) < 4.78 is 0. The normalized spacial score (nSPS) is 11.2. The Morgan fingerprint density at radius 1 is 1.07 bits per heavy atom. The Balaban J connectivity index is 2.75. The van der Waals surface area contributed by atoms with Gasteiger partial charge in [-0.05, 0) is 12.3 Å². The molecule has 0 aliphatic carbocycles. The fourth-order valence-electron chi connectivity index (χ4n) is 1.59. The Hall–Kier alpha value is -1.76. The number of fused-ring (bicyclic) bond motifs is 1. The van der Waals surface area contributed by atoms with Crippen LogP contribution in [0.1, 0.15) is 12.5 Å². The van der Waals surface area contributed by atoms with E-state index in [4.69, 9.17) is 0 Å². The van der Waals surface area contributed by atoms with Gasteiger partial charge in [0.2, 0.25) is 0 Å². The van der Waals surface area contributed by atoms with Crippen molar-refractivity contribution in [3.8, 4) is 5.75 Å². The molecule has 0 aromatic heterocycles. The molecule has 14 heavy (non-hydrogen) atoms. The van der Waals surface area contributed by atoms with Crippen molar-refractivity contribution < 1.29 is 5.11 Å². The summed E-state index contributed by atoms with van der Waals surface area (Å²) in [5.41, 5.74) is 0.867. The number of hydrogen-bond donors (Lipinski definition) is 1. The second kappa shape index (κ2) is 3.54. The Morgan fingerprint density at radius 2 is 1.86 bits per heavy atom. The third kappa shape index (κ3) is 1.37. The van der Waals surface area contributed by atoms with Gasteiger partial charge in [0.25, 0.3) is 0 Å². The van der Waals surface area contributed by atoms with Crippen LogP contribution >= 0.6 is 0 Å². The Labute approximate surface area is 83.3 Å². The zero-order valence-corrected chi connectivity index (χ0v) is 8.07. The van der Waals surface area contributed by atoms with E-state index in [1.54, 1.807) is 0 Å². The predicted octanol–water partition coefficient (Wildman–Crippen LogP) is 3.58. The van der Waals surface area contributed by atoms with Crippen molar-refractivity contribution in [2.45, 2.75) is 6.92 Å². The molecule has 0 saturated heterocycles. The van der Waals surface area contributed by atoms with E-state index in [9.17, 15) is 5.11 Å². The van der Waals surface area contributed by atoms with Gasteiger partial charge in [-0.2, -0.15) is 0 Å². The number of rotatable bonds is 1. The van der Waals surface area contributed by atoms with Crippen LogP contribution in [0.4, 0.5) is 0 Å². The van der Waals surface area contributed by atoms with Crippen LogP contribution < -0.4 is 0 Å². The molecule has 2 rings (SSSR count). The highest BCUT2D eigenvalue weighted by molar-refractivity contribution is 5.91. The fourth-order valence-corrected chi connectivity index (χ4v) is 1.59. The van der Waals surface area contributed by atoms with Crippen molar-refractivity contribution >= 4 is 16.8 Å². The smallest absolute Gasteiger partial charge is 0.130 e. The second-order valence-electron chi connectivity index (χ2n) is 3.22. The molecule has 1 nitrogen and oxygen atoms in total. The summed E-state index contributed by atoms with van der Waals surface area (Å²) in [5, 5.41) is 11.9. The van der Waals surface area contributed by atoms with Crippen molar-refractivity contribution in [3.05, 3.63) is 48.0 Å². The summed E-state index contributed by atoms with van der Waals surface area (Å²) in [6, 6.07) is 11.8. The van der Waals surface area contributed by atoms with Crippen molar-refractivity contribution in [2.24, 2.45) is 0 Å². The van der Waals surface area contributed by atoms with Crippen LogP contribution in [0.15, 0.2) is 42.5 Å². The Bertz CT molecular complexity index is 484. The van der Waals surface area contributed by atoms with Gasteiger partial charge in [-0.3, -0.25) is 0 Å². The second-order valence-corrected chi connectivity index (χ2v) is 3.22. The Kier molecular flexibility index (Phi) is 2.23. The van der Waals surface area contributed by atoms with Gasteiger partial charge in [-0.15, -0.1) is 0 Å². The molecule has 0 fully saturated rings. The molecule has 0 atom stereocenters. The maximum atomic E-state index is 9.93. The van der Waals surface area contributed by atoms with E-state index in [0.29, 0.717) is 5.75 Å². The van der Waals surface area contributed by atoms with E-state index in [2.05, 4.69) is 0 Å². The van der Waals surface area contributed by atoms with E-state index >= 15 is 0 Å². The van der Waals surface area contributed by atoms with Gasteiger partial charge in [0.1, 0.15) is 5.75 Å². The predicted molar refractivity (Wildman–Crippen MR) is 60.3 cm³/mol. The van der Waals surface area contributed by atoms with Crippen molar-refractivity contribution in [1.29, 1.82) is 0 Å². The lowest BCUT2D eigenvalue weighted by atomic mass is 10.1. The third-order valence-corrected chi connectivity index (χ3v) is 2.28. The highest BCUT2D eigenvalue weighted by Gasteiger charge is 2.02. The number of phenols is 1. The molecule has 0 radical (unpaired) electrons. The van der Waals surface area contributed by atoms with Gasteiger partial charge in [0.15, 0.2) is 0 Å². The first-order valence-electron chi connectivity index (χ1n) is 4.66. The molecule has 2 aromatic carbocycles. The molecular weight excluding hydrogens is 172 g/mol. The Morgan fingerprint density at radius 3 is 2.64 bits per heavy atom. The van der Waals surface area contributed by atoms with E-state index < -0.39 is 0 Å². The molecular formula is C13H12O. The van der Waals surface area contributed by atoms with Crippen molar-refractivity contribution in [1.82, 2.24) is 0 Å². The number of aromatic hydroxyl groups is 1. The molecule has 1 heteroatoms. The summed E-state index contributed by atoms with van der Waals surface area (Å²) in [6.07, 6.45) is 3.82. The molecule has 0 bridgehead atoms. The average molecular weight is 184 g/mol. The van der Waals surface area contributed by atoms with Gasteiger partial charge in [0, 0.05) is 10.9 Å². The number of phenolic OH excluding ortho intramolecular Hbond substituents is 1. The molecule has 0 heterocycles. The summed E-state index contributed by atoms with van der Waals surface area (Å²) in [7, 11) is 0. The molecule has 0 saturated carbocycles. The molecule has 0 aliphatic rings. The lowest BCUT2D eigenvalue weighted by molar-refractivity contribution is 0.480. The van der Waals surface area contributed by atoms with Crippen LogP contribution in [-0.4, -0.2) is 5.11 Å². The molecule has 2 aromatic rings. The first-order valence-corrected chi connectivity index (χ1v) is 4.66. The fraction of sp³-hybridized carbons (Fsp3) is 0.0769. The van der Waals surface area contributed by atoms with Gasteiger partial charge in [0.05, 0.1) is 0 Å². The maximum absolute atomic E-state index is 9.93. The third-order valence-electron chi connectivity index (χ3n) is 2.28. The van der Waals surface area contributed by atoms with Crippen molar-refractivity contribution in [3.63, 3.8) is 0 Å². The highest BCUT2D eigenvalue weighted by atomic mass is 16.3. The van der Waals surface area contributed by atoms with Gasteiger partial charge in [-0.25, -0.2) is 0 Å². The SMILES string of the molecule is CC=Cc1ccc2ccccc2c1O. The zero-order chi connectivity index (χ0) is 9.97. The highest BCUT2D eigenvalue weighted by Crippen LogP contribution is 2.29. The zero-order valence-electron chi connectivity index (χ0n) is 8.07. The minimum absolute atomic E-state index is 0.362. The van der Waals surface area contributed by atoms with Gasteiger partial charge < -0.3 is 5.11 Å². The van der Waals surface area contributed by atoms with E-state index in [1.807, 2.05) is 55.5 Å². The summed E-state index contributed by atoms with van der Waals surface area (Å²) in [4.78, 5) is 0. The van der Waals surface area contributed by atoms with Crippen LogP contribution in [0.25, 0.3) is 16.8 Å². The standard InChI is InChI=1S/C13H12O/c1-2-5-11-9-8-10-6-3-4-7-12(10)13(11)14/h2-9,14H,1H3. The van der Waals surface area contributed by atoms with Crippen molar-refractivity contribution in [2.75, 3.05) is 0 Å². The van der Waals surface area contributed by atoms with E-state index in [1.165, 1.54) is 0 Å². The first kappa shape index (κ1) is 8.82. The molecule has 0 unspecified atom stereocenters. The minimum Gasteiger partial charge on any atom is -0.507 e. The first-order chi connectivity index (χ1) is 6.83. The molecule has 0 aliphatic heterocycles. The molecule has 70 valence electrons.